The van der Waals surface area contributed by atoms with Crippen molar-refractivity contribution in [2.45, 2.75) is 6.61 Å². The molecule has 0 unspecified atom stereocenters. The van der Waals surface area contributed by atoms with E-state index in [0.29, 0.717) is 34.9 Å². The first kappa shape index (κ1) is 21.6. The van der Waals surface area contributed by atoms with Crippen molar-refractivity contribution in [3.8, 4) is 11.5 Å². The van der Waals surface area contributed by atoms with Crippen LogP contribution in [0.3, 0.4) is 0 Å². The zero-order valence-electron chi connectivity index (χ0n) is 17.0. The highest BCUT2D eigenvalue weighted by Gasteiger charge is 2.13. The van der Waals surface area contributed by atoms with E-state index in [9.17, 15) is 9.59 Å². The normalized spacial score (nSPS) is 10.2. The largest absolute Gasteiger partial charge is 0.489 e. The second-order valence-corrected chi connectivity index (χ2v) is 6.64. The van der Waals surface area contributed by atoms with E-state index in [2.05, 4.69) is 6.58 Å². The lowest BCUT2D eigenvalue weighted by atomic mass is 10.0. The molecular weight excluding hydrogens is 394 g/mol. The minimum absolute atomic E-state index is 0.131. The molecule has 0 radical (unpaired) electrons. The van der Waals surface area contributed by atoms with Crippen LogP contribution in [-0.4, -0.2) is 25.0 Å². The van der Waals surface area contributed by atoms with Gasteiger partial charge in [0.25, 0.3) is 0 Å². The summed E-state index contributed by atoms with van der Waals surface area (Å²) in [5.74, 6) is 0.521. The van der Waals surface area contributed by atoms with Gasteiger partial charge in [0.1, 0.15) is 24.7 Å². The molecule has 0 spiro atoms. The van der Waals surface area contributed by atoms with E-state index < -0.39 is 5.97 Å². The van der Waals surface area contributed by atoms with Crippen LogP contribution in [0.4, 0.5) is 5.69 Å². The molecule has 6 nitrogen and oxygen atoms in total. The van der Waals surface area contributed by atoms with Gasteiger partial charge in [-0.3, -0.25) is 4.79 Å². The Morgan fingerprint density at radius 1 is 0.903 bits per heavy atom. The van der Waals surface area contributed by atoms with Crippen molar-refractivity contribution in [3.05, 3.63) is 102 Å². The number of nitrogens with two attached hydrogens (primary N) is 1. The van der Waals surface area contributed by atoms with Crippen LogP contribution < -0.4 is 15.2 Å². The van der Waals surface area contributed by atoms with Gasteiger partial charge in [-0.1, -0.05) is 55.1 Å². The number of carbonyl (C=O) groups excluding carboxylic acids is 2. The smallest absolute Gasteiger partial charge is 0.344 e. The molecule has 0 bridgehead atoms. The summed E-state index contributed by atoms with van der Waals surface area (Å²) in [5, 5.41) is 0. The number of hydrogen-bond acceptors (Lipinski definition) is 6. The van der Waals surface area contributed by atoms with Crippen molar-refractivity contribution in [2.75, 3.05) is 18.9 Å². The number of benzene rings is 3. The number of rotatable bonds is 10. The van der Waals surface area contributed by atoms with Crippen molar-refractivity contribution in [2.24, 2.45) is 0 Å². The predicted molar refractivity (Wildman–Crippen MR) is 118 cm³/mol. The van der Waals surface area contributed by atoms with Gasteiger partial charge < -0.3 is 19.9 Å². The quantitative estimate of drug-likeness (QED) is 0.230. The fourth-order valence-corrected chi connectivity index (χ4v) is 2.77. The molecule has 0 aliphatic rings. The van der Waals surface area contributed by atoms with Gasteiger partial charge in [0, 0.05) is 22.9 Å². The van der Waals surface area contributed by atoms with E-state index in [1.54, 1.807) is 42.5 Å². The summed E-state index contributed by atoms with van der Waals surface area (Å²) in [6.07, 6.45) is 1.50. The zero-order valence-corrected chi connectivity index (χ0v) is 17.0. The lowest BCUT2D eigenvalue weighted by molar-refractivity contribution is -0.144. The Labute approximate surface area is 180 Å². The number of carbonyl (C=O) groups is 2. The summed E-state index contributed by atoms with van der Waals surface area (Å²) in [6, 6.07) is 21.2. The van der Waals surface area contributed by atoms with Gasteiger partial charge in [-0.15, -0.1) is 0 Å². The number of anilines is 1. The molecule has 3 aromatic rings. The number of hydrogen-bond donors (Lipinski definition) is 1. The lowest BCUT2D eigenvalue weighted by Crippen LogP contribution is -2.14. The van der Waals surface area contributed by atoms with Gasteiger partial charge in [-0.2, -0.15) is 0 Å². The maximum atomic E-state index is 12.6. The van der Waals surface area contributed by atoms with Gasteiger partial charge >= 0.3 is 5.97 Å². The minimum Gasteiger partial charge on any atom is -0.489 e. The third-order valence-corrected chi connectivity index (χ3v) is 4.35. The second kappa shape index (κ2) is 10.6. The highest BCUT2D eigenvalue weighted by atomic mass is 16.6. The molecule has 0 fully saturated rings. The maximum Gasteiger partial charge on any atom is 0.344 e. The van der Waals surface area contributed by atoms with Crippen LogP contribution in [0.5, 0.6) is 11.5 Å². The van der Waals surface area contributed by atoms with Crippen LogP contribution >= 0.6 is 0 Å². The summed E-state index contributed by atoms with van der Waals surface area (Å²) < 4.78 is 16.0. The molecule has 2 N–H and O–H groups in total. The second-order valence-electron chi connectivity index (χ2n) is 6.64. The van der Waals surface area contributed by atoms with Gasteiger partial charge in [-0.05, 0) is 29.8 Å². The van der Waals surface area contributed by atoms with Crippen molar-refractivity contribution >= 4 is 17.4 Å². The van der Waals surface area contributed by atoms with Crippen molar-refractivity contribution < 1.29 is 23.8 Å². The molecule has 0 aromatic heterocycles. The first-order chi connectivity index (χ1) is 15.1. The lowest BCUT2D eigenvalue weighted by Gasteiger charge is -2.11. The first-order valence-corrected chi connectivity index (χ1v) is 9.67. The standard InChI is InChI=1S/C25H23NO5/c1-2-14-29-24(27)17-31-20-10-8-18(9-11-20)16-30-21-12-13-22(23(26)15-21)25(28)19-6-4-3-5-7-19/h2-13,15H,1,14,16-17,26H2. The van der Waals surface area contributed by atoms with E-state index in [-0.39, 0.29) is 19.0 Å². The summed E-state index contributed by atoms with van der Waals surface area (Å²) >= 11 is 0. The highest BCUT2D eigenvalue weighted by molar-refractivity contribution is 6.12. The molecule has 0 heterocycles. The van der Waals surface area contributed by atoms with Crippen LogP contribution in [0.2, 0.25) is 0 Å². The summed E-state index contributed by atoms with van der Waals surface area (Å²) in [4.78, 5) is 24.0. The van der Waals surface area contributed by atoms with Crippen LogP contribution in [0.15, 0.2) is 85.5 Å². The van der Waals surface area contributed by atoms with Crippen LogP contribution in [0.1, 0.15) is 21.5 Å². The molecule has 158 valence electrons. The summed E-state index contributed by atoms with van der Waals surface area (Å²) in [6.45, 7) is 3.78. The molecule has 0 amide bonds. The van der Waals surface area contributed by atoms with E-state index in [4.69, 9.17) is 19.9 Å². The SMILES string of the molecule is C=CCOC(=O)COc1ccc(COc2ccc(C(=O)c3ccccc3)c(N)c2)cc1. The Kier molecular flexibility index (Phi) is 7.43. The van der Waals surface area contributed by atoms with Crippen LogP contribution in [0.25, 0.3) is 0 Å². The van der Waals surface area contributed by atoms with Crippen molar-refractivity contribution in [1.29, 1.82) is 0 Å². The number of esters is 1. The molecule has 3 aromatic carbocycles. The van der Waals surface area contributed by atoms with E-state index in [0.717, 1.165) is 5.56 Å². The fraction of sp³-hybridized carbons (Fsp3) is 0.120. The molecule has 3 rings (SSSR count). The topological polar surface area (TPSA) is 87.9 Å². The molecule has 0 saturated carbocycles. The third kappa shape index (κ3) is 6.21. The zero-order chi connectivity index (χ0) is 22.1. The highest BCUT2D eigenvalue weighted by Crippen LogP contribution is 2.23. The van der Waals surface area contributed by atoms with Crippen LogP contribution in [0, 0.1) is 0 Å². The van der Waals surface area contributed by atoms with Gasteiger partial charge in [0.15, 0.2) is 12.4 Å². The first-order valence-electron chi connectivity index (χ1n) is 9.67. The molecular formula is C25H23NO5. The maximum absolute atomic E-state index is 12.6. The number of nitrogen functional groups attached to an aromatic ring is 1. The van der Waals surface area contributed by atoms with Crippen molar-refractivity contribution in [3.63, 3.8) is 0 Å². The van der Waals surface area contributed by atoms with Gasteiger partial charge in [0.05, 0.1) is 0 Å². The van der Waals surface area contributed by atoms with E-state index >= 15 is 0 Å². The number of ether oxygens (including phenoxy) is 3. The Balaban J connectivity index is 1.54. The molecule has 0 aliphatic heterocycles. The van der Waals surface area contributed by atoms with Gasteiger partial charge in [0.2, 0.25) is 0 Å². The average molecular weight is 417 g/mol. The monoisotopic (exact) mass is 417 g/mol. The third-order valence-electron chi connectivity index (χ3n) is 4.35. The number of ketones is 1. The molecule has 0 atom stereocenters. The Bertz CT molecular complexity index is 1050. The average Bonchev–Trinajstić information content (AvgIpc) is 2.81. The van der Waals surface area contributed by atoms with Crippen LogP contribution in [-0.2, 0) is 16.1 Å². The van der Waals surface area contributed by atoms with Gasteiger partial charge in [-0.25, -0.2) is 4.79 Å². The van der Waals surface area contributed by atoms with E-state index in [1.807, 2.05) is 30.3 Å². The predicted octanol–water partition coefficient (Wildman–Crippen LogP) is 4.19. The van der Waals surface area contributed by atoms with E-state index in [1.165, 1.54) is 6.08 Å². The fourth-order valence-electron chi connectivity index (χ4n) is 2.77. The Hall–Kier alpha value is -4.06. The minimum atomic E-state index is -0.459. The molecule has 0 saturated heterocycles. The molecule has 31 heavy (non-hydrogen) atoms. The molecule has 0 aliphatic carbocycles. The molecule has 6 heteroatoms. The Morgan fingerprint density at radius 3 is 2.29 bits per heavy atom. The van der Waals surface area contributed by atoms with Crippen molar-refractivity contribution in [1.82, 2.24) is 0 Å². The summed E-state index contributed by atoms with van der Waals surface area (Å²) in [5.41, 5.74) is 8.36. The Morgan fingerprint density at radius 2 is 1.61 bits per heavy atom. The summed E-state index contributed by atoms with van der Waals surface area (Å²) in [7, 11) is 0.